The van der Waals surface area contributed by atoms with Gasteiger partial charge >= 0.3 is 0 Å². The Morgan fingerprint density at radius 2 is 0.915 bits per heavy atom. The van der Waals surface area contributed by atoms with Crippen LogP contribution in [0.25, 0.3) is 98.9 Å². The lowest BCUT2D eigenvalue weighted by atomic mass is 9.66. The summed E-state index contributed by atoms with van der Waals surface area (Å²) in [6.07, 6.45) is 4.50. The van der Waals surface area contributed by atoms with Crippen LogP contribution in [-0.2, 0) is 11.8 Å². The summed E-state index contributed by atoms with van der Waals surface area (Å²) in [5.74, 6) is 0. The van der Waals surface area contributed by atoms with E-state index in [-0.39, 0.29) is 0 Å². The van der Waals surface area contributed by atoms with Crippen molar-refractivity contribution >= 4 is 65.5 Å². The van der Waals surface area contributed by atoms with Crippen molar-refractivity contribution in [3.8, 4) is 33.4 Å². The Kier molecular flexibility index (Phi) is 6.16. The van der Waals surface area contributed by atoms with Gasteiger partial charge in [-0.05, 0) is 145 Å². The molecule has 0 nitrogen and oxygen atoms in total. The van der Waals surface area contributed by atoms with Crippen LogP contribution in [0.4, 0.5) is 0 Å². The van der Waals surface area contributed by atoms with Crippen LogP contribution in [0.2, 0.25) is 0 Å². The molecule has 0 aromatic heterocycles. The second kappa shape index (κ2) is 11.4. The van der Waals surface area contributed by atoms with Gasteiger partial charge in [0, 0.05) is 0 Å². The largest absolute Gasteiger partial charge is 0.0734 e. The monoisotopic (exact) mass is 744 g/mol. The van der Waals surface area contributed by atoms with E-state index >= 15 is 0 Å². The van der Waals surface area contributed by atoms with Crippen molar-refractivity contribution < 1.29 is 0 Å². The van der Waals surface area contributed by atoms with Gasteiger partial charge in [-0.2, -0.15) is 0 Å². The summed E-state index contributed by atoms with van der Waals surface area (Å²) in [5, 5.41) is 13.3. The van der Waals surface area contributed by atoms with Gasteiger partial charge < -0.3 is 0 Å². The number of rotatable bonds is 2. The van der Waals surface area contributed by atoms with Gasteiger partial charge in [0.25, 0.3) is 0 Å². The molecular weight excluding hydrogens is 709 g/mol. The zero-order valence-corrected chi connectivity index (χ0v) is 32.4. The summed E-state index contributed by atoms with van der Waals surface area (Å²) < 4.78 is 0. The molecule has 59 heavy (non-hydrogen) atoms. The smallest absolute Gasteiger partial charge is 0.0619 e. The van der Waals surface area contributed by atoms with Gasteiger partial charge in [-0.15, -0.1) is 0 Å². The molecule has 1 spiro atoms. The predicted molar refractivity (Wildman–Crippen MR) is 250 cm³/mol. The average molecular weight is 745 g/mol. The summed E-state index contributed by atoms with van der Waals surface area (Å²) in [4.78, 5) is 0. The van der Waals surface area contributed by atoms with Crippen LogP contribution in [0.15, 0.2) is 188 Å². The Morgan fingerprint density at radius 1 is 0.339 bits per heavy atom. The molecule has 0 saturated carbocycles. The lowest BCUT2D eigenvalue weighted by molar-refractivity contribution is 0.779. The highest BCUT2D eigenvalue weighted by Gasteiger charge is 2.54. The van der Waals surface area contributed by atoms with Crippen LogP contribution in [0, 0.1) is 0 Å². The zero-order valence-electron chi connectivity index (χ0n) is 32.4. The van der Waals surface area contributed by atoms with Crippen LogP contribution in [0.5, 0.6) is 0 Å². The van der Waals surface area contributed by atoms with Crippen molar-refractivity contribution in [2.75, 3.05) is 0 Å². The maximum atomic E-state index is 2.50. The molecule has 0 unspecified atom stereocenters. The fourth-order valence-electron chi connectivity index (χ4n) is 12.0. The predicted octanol–water partition coefficient (Wildman–Crippen LogP) is 15.4. The maximum Gasteiger partial charge on any atom is 0.0734 e. The van der Waals surface area contributed by atoms with E-state index in [9.17, 15) is 0 Å². The van der Waals surface area contributed by atoms with Gasteiger partial charge in [-0.3, -0.25) is 0 Å². The minimum absolute atomic E-state index is 0.416. The van der Waals surface area contributed by atoms with Crippen molar-refractivity contribution in [2.24, 2.45) is 0 Å². The van der Waals surface area contributed by atoms with Crippen LogP contribution >= 0.6 is 0 Å². The Bertz CT molecular complexity index is 3590. The zero-order chi connectivity index (χ0) is 38.4. The Hall–Kier alpha value is -7.28. The van der Waals surface area contributed by atoms with E-state index in [1.807, 2.05) is 0 Å². The number of fused-ring (bicyclic) bond motifs is 17. The van der Waals surface area contributed by atoms with E-state index in [2.05, 4.69) is 194 Å². The molecule has 11 aromatic carbocycles. The molecule has 0 radical (unpaired) electrons. The SMILES string of the molecule is C1=C(c2ccc(-c3ccc4ccc5cccc6ccc3c4c56)cc2)CCc2c1ccc1c2C2(c3ccccc3-c3ccccc32)c2c-1c1ccccc1c1ccccc21. The topological polar surface area (TPSA) is 0 Å². The minimum Gasteiger partial charge on any atom is -0.0619 e. The summed E-state index contributed by atoms with van der Waals surface area (Å²) >= 11 is 0. The highest BCUT2D eigenvalue weighted by molar-refractivity contribution is 6.25. The van der Waals surface area contributed by atoms with Gasteiger partial charge in [0.2, 0.25) is 0 Å². The first-order valence-electron chi connectivity index (χ1n) is 21.1. The van der Waals surface area contributed by atoms with Crippen LogP contribution in [0.3, 0.4) is 0 Å². The van der Waals surface area contributed by atoms with Crippen molar-refractivity contribution in [3.63, 3.8) is 0 Å². The highest BCUT2D eigenvalue weighted by atomic mass is 14.5. The Balaban J connectivity index is 0.966. The first-order chi connectivity index (χ1) is 29.3. The average Bonchev–Trinajstić information content (AvgIpc) is 3.79. The number of benzene rings is 11. The Morgan fingerprint density at radius 3 is 1.66 bits per heavy atom. The molecule has 0 heteroatoms. The number of hydrogen-bond acceptors (Lipinski definition) is 0. The minimum atomic E-state index is -0.416. The molecule has 3 aliphatic carbocycles. The first-order valence-corrected chi connectivity index (χ1v) is 21.1. The van der Waals surface area contributed by atoms with Crippen LogP contribution in [-0.4, -0.2) is 0 Å². The molecular formula is C59H36. The lowest BCUT2D eigenvalue weighted by Gasteiger charge is -2.34. The van der Waals surface area contributed by atoms with Gasteiger partial charge in [0.15, 0.2) is 0 Å². The van der Waals surface area contributed by atoms with E-state index < -0.39 is 5.41 Å². The third-order valence-corrected chi connectivity index (χ3v) is 14.3. The quantitative estimate of drug-likeness (QED) is 0.155. The van der Waals surface area contributed by atoms with E-state index in [1.54, 1.807) is 0 Å². The normalized spacial score (nSPS) is 14.5. The van der Waals surface area contributed by atoms with Gasteiger partial charge in [0.1, 0.15) is 0 Å². The molecule has 0 amide bonds. The van der Waals surface area contributed by atoms with Crippen LogP contribution in [0.1, 0.15) is 45.4 Å². The van der Waals surface area contributed by atoms with Gasteiger partial charge in [0.05, 0.1) is 5.41 Å². The third kappa shape index (κ3) is 3.99. The molecule has 14 rings (SSSR count). The molecule has 0 heterocycles. The van der Waals surface area contributed by atoms with Crippen molar-refractivity contribution in [3.05, 3.63) is 227 Å². The van der Waals surface area contributed by atoms with Gasteiger partial charge in [-0.25, -0.2) is 0 Å². The summed E-state index contributed by atoms with van der Waals surface area (Å²) in [5.41, 5.74) is 19.0. The number of allylic oxidation sites excluding steroid dienone is 1. The van der Waals surface area contributed by atoms with Crippen molar-refractivity contribution in [1.29, 1.82) is 0 Å². The van der Waals surface area contributed by atoms with Crippen molar-refractivity contribution in [1.82, 2.24) is 0 Å². The molecule has 0 atom stereocenters. The van der Waals surface area contributed by atoms with E-state index in [1.165, 1.54) is 132 Å². The summed E-state index contributed by atoms with van der Waals surface area (Å²) in [7, 11) is 0. The summed E-state index contributed by atoms with van der Waals surface area (Å²) in [6.45, 7) is 0. The van der Waals surface area contributed by atoms with E-state index in [4.69, 9.17) is 0 Å². The molecule has 272 valence electrons. The standard InChI is InChI=1S/C59H36/c1-3-16-48-44(12-1)45-13-2-4-17-50(45)58-56(48)51-33-29-41-34-40(28-31-43(41)57(51)59(58)52-18-7-5-14-46(52)47-15-6-8-19-53(47)59)35-20-22-36(23-21-35)42-30-26-39-25-24-37-10-9-11-38-27-32-49(42)55(39)54(37)38/h1-27,29-30,32-34H,28,31H2. The Labute approximate surface area is 342 Å². The van der Waals surface area contributed by atoms with Crippen LogP contribution < -0.4 is 0 Å². The molecule has 0 bridgehead atoms. The van der Waals surface area contributed by atoms with E-state index in [0.717, 1.165) is 12.8 Å². The lowest BCUT2D eigenvalue weighted by Crippen LogP contribution is -2.28. The molecule has 11 aromatic rings. The molecule has 0 fully saturated rings. The third-order valence-electron chi connectivity index (χ3n) is 14.3. The van der Waals surface area contributed by atoms with E-state index in [0.29, 0.717) is 0 Å². The molecule has 0 aliphatic heterocycles. The molecule has 3 aliphatic rings. The first kappa shape index (κ1) is 31.8. The second-order valence-corrected chi connectivity index (χ2v) is 17.0. The second-order valence-electron chi connectivity index (χ2n) is 17.0. The molecule has 0 N–H and O–H groups in total. The van der Waals surface area contributed by atoms with Gasteiger partial charge in [-0.1, -0.05) is 194 Å². The molecule has 0 saturated heterocycles. The number of hydrogen-bond donors (Lipinski definition) is 0. The fraction of sp³-hybridized carbons (Fsp3) is 0.0508. The highest BCUT2D eigenvalue weighted by Crippen LogP contribution is 2.66. The van der Waals surface area contributed by atoms with Crippen molar-refractivity contribution in [2.45, 2.75) is 18.3 Å². The fourth-order valence-corrected chi connectivity index (χ4v) is 12.0. The maximum absolute atomic E-state index is 2.50. The summed E-state index contributed by atoms with van der Waals surface area (Å²) in [6, 6.07) is 71.4.